The van der Waals surface area contributed by atoms with E-state index >= 15 is 0 Å². The van der Waals surface area contributed by atoms with Gasteiger partial charge in [-0.1, -0.05) is 62.4 Å². The normalized spacial score (nSPS) is 28.9. The Morgan fingerprint density at radius 2 is 1.50 bits per heavy atom. The molecular weight excluding hydrogens is 266 g/mol. The minimum Gasteiger partial charge on any atom is -0.289 e. The van der Waals surface area contributed by atoms with E-state index in [4.69, 9.17) is 4.99 Å². The average molecular weight is 289 g/mol. The van der Waals surface area contributed by atoms with Crippen molar-refractivity contribution >= 4 is 6.21 Å². The van der Waals surface area contributed by atoms with E-state index in [1.165, 1.54) is 22.3 Å². The molecule has 1 aliphatic heterocycles. The third kappa shape index (κ3) is 1.88. The molecule has 112 valence electrons. The van der Waals surface area contributed by atoms with Crippen molar-refractivity contribution in [1.29, 1.82) is 0 Å². The van der Waals surface area contributed by atoms with Crippen LogP contribution in [0.1, 0.15) is 54.9 Å². The standard InChI is InChI=1S/C21H23N/c1-13(2)19-20-14(3)22-12-15-8-4-5-9-16(15)21(19)18-11-7-6-10-17(18)20/h4-14,19-21H,1-3H3. The lowest BCUT2D eigenvalue weighted by Gasteiger charge is -2.33. The SMILES string of the molecule is CC(C)C1C2c3ccccc3C=NC(C)C1c1ccccc12. The zero-order chi connectivity index (χ0) is 15.3. The molecule has 0 aromatic heterocycles. The van der Waals surface area contributed by atoms with Crippen LogP contribution in [0.2, 0.25) is 0 Å². The van der Waals surface area contributed by atoms with Crippen LogP contribution in [0.25, 0.3) is 0 Å². The number of hydrogen-bond acceptors (Lipinski definition) is 1. The number of rotatable bonds is 1. The lowest BCUT2D eigenvalue weighted by molar-refractivity contribution is 0.289. The Kier molecular flexibility index (Phi) is 3.18. The summed E-state index contributed by atoms with van der Waals surface area (Å²) >= 11 is 0. The topological polar surface area (TPSA) is 12.4 Å². The predicted octanol–water partition coefficient (Wildman–Crippen LogP) is 5.01. The molecule has 4 unspecified atom stereocenters. The Bertz CT molecular complexity index is 728. The molecule has 0 amide bonds. The molecule has 2 aromatic carbocycles. The van der Waals surface area contributed by atoms with Crippen LogP contribution in [0.5, 0.6) is 0 Å². The number of nitrogens with zero attached hydrogens (tertiary/aromatic N) is 1. The van der Waals surface area contributed by atoms with Gasteiger partial charge in [-0.2, -0.15) is 0 Å². The Morgan fingerprint density at radius 1 is 0.864 bits per heavy atom. The molecule has 1 heteroatoms. The first-order chi connectivity index (χ1) is 10.7. The van der Waals surface area contributed by atoms with Crippen molar-refractivity contribution in [3.63, 3.8) is 0 Å². The monoisotopic (exact) mass is 289 g/mol. The van der Waals surface area contributed by atoms with E-state index in [1.807, 2.05) is 0 Å². The minimum absolute atomic E-state index is 0.340. The van der Waals surface area contributed by atoms with Crippen LogP contribution >= 0.6 is 0 Å². The first kappa shape index (κ1) is 13.8. The van der Waals surface area contributed by atoms with Crippen molar-refractivity contribution in [2.45, 2.75) is 38.6 Å². The molecule has 1 nitrogen and oxygen atoms in total. The second-order valence-corrected chi connectivity index (χ2v) is 7.10. The van der Waals surface area contributed by atoms with Crippen LogP contribution in [0, 0.1) is 11.8 Å². The van der Waals surface area contributed by atoms with Gasteiger partial charge in [0.25, 0.3) is 0 Å². The Morgan fingerprint density at radius 3 is 2.23 bits per heavy atom. The quantitative estimate of drug-likeness (QED) is 0.700. The highest BCUT2D eigenvalue weighted by molar-refractivity contribution is 5.83. The van der Waals surface area contributed by atoms with Crippen molar-refractivity contribution in [3.05, 3.63) is 70.8 Å². The molecule has 4 rings (SSSR count). The van der Waals surface area contributed by atoms with Gasteiger partial charge in [0.15, 0.2) is 0 Å². The van der Waals surface area contributed by atoms with Crippen LogP contribution in [-0.4, -0.2) is 12.3 Å². The maximum Gasteiger partial charge on any atom is 0.0543 e. The maximum absolute atomic E-state index is 4.91. The molecule has 0 saturated carbocycles. The van der Waals surface area contributed by atoms with E-state index in [2.05, 4.69) is 75.5 Å². The highest BCUT2D eigenvalue weighted by Gasteiger charge is 2.45. The molecular formula is C21H23N. The summed E-state index contributed by atoms with van der Waals surface area (Å²) in [5.74, 6) is 2.31. The average Bonchev–Trinajstić information content (AvgIpc) is 2.88. The highest BCUT2D eigenvalue weighted by Crippen LogP contribution is 2.55. The maximum atomic E-state index is 4.91. The zero-order valence-corrected chi connectivity index (χ0v) is 13.5. The first-order valence-electron chi connectivity index (χ1n) is 8.39. The smallest absolute Gasteiger partial charge is 0.0543 e. The van der Waals surface area contributed by atoms with Gasteiger partial charge in [0.1, 0.15) is 0 Å². The third-order valence-electron chi connectivity index (χ3n) is 5.56. The molecule has 0 N–H and O–H groups in total. The number of benzene rings is 2. The summed E-state index contributed by atoms with van der Waals surface area (Å²) < 4.78 is 0. The lowest BCUT2D eigenvalue weighted by atomic mass is 9.72. The van der Waals surface area contributed by atoms with Crippen LogP contribution < -0.4 is 0 Å². The van der Waals surface area contributed by atoms with Crippen LogP contribution in [0.4, 0.5) is 0 Å². The van der Waals surface area contributed by atoms with E-state index in [-0.39, 0.29) is 0 Å². The summed E-state index contributed by atoms with van der Waals surface area (Å²) in [5.41, 5.74) is 5.79. The number of hydrogen-bond donors (Lipinski definition) is 0. The van der Waals surface area contributed by atoms with E-state index in [9.17, 15) is 0 Å². The van der Waals surface area contributed by atoms with Gasteiger partial charge in [-0.25, -0.2) is 0 Å². The van der Waals surface area contributed by atoms with Gasteiger partial charge in [-0.15, -0.1) is 0 Å². The predicted molar refractivity (Wildman–Crippen MR) is 92.9 cm³/mol. The third-order valence-corrected chi connectivity index (χ3v) is 5.56. The van der Waals surface area contributed by atoms with Crippen molar-refractivity contribution in [2.75, 3.05) is 0 Å². The van der Waals surface area contributed by atoms with Gasteiger partial charge in [0.05, 0.1) is 6.04 Å². The van der Waals surface area contributed by atoms with E-state index < -0.39 is 0 Å². The second kappa shape index (κ2) is 5.08. The van der Waals surface area contributed by atoms with E-state index in [0.717, 1.165) is 0 Å². The summed E-state index contributed by atoms with van der Waals surface area (Å²) in [4.78, 5) is 4.91. The van der Waals surface area contributed by atoms with Gasteiger partial charge in [-0.3, -0.25) is 4.99 Å². The van der Waals surface area contributed by atoms with E-state index in [0.29, 0.717) is 29.7 Å². The summed E-state index contributed by atoms with van der Waals surface area (Å²) in [6.07, 6.45) is 2.10. The number of fused-ring (bicyclic) bond motifs is 7. The zero-order valence-electron chi connectivity index (χ0n) is 13.5. The molecule has 2 aliphatic rings. The fourth-order valence-electron chi connectivity index (χ4n) is 4.68. The lowest BCUT2D eigenvalue weighted by Crippen LogP contribution is -2.27. The molecule has 0 radical (unpaired) electrons. The molecule has 2 aromatic rings. The van der Waals surface area contributed by atoms with E-state index in [1.54, 1.807) is 0 Å². The fourth-order valence-corrected chi connectivity index (χ4v) is 4.68. The Hall–Kier alpha value is -1.89. The number of aliphatic imine (C=N–C) groups is 1. The molecule has 0 saturated heterocycles. The van der Waals surface area contributed by atoms with Crippen molar-refractivity contribution in [2.24, 2.45) is 16.8 Å². The highest BCUT2D eigenvalue weighted by atomic mass is 14.8. The first-order valence-corrected chi connectivity index (χ1v) is 8.39. The Labute approximate surface area is 133 Å². The molecule has 1 heterocycles. The second-order valence-electron chi connectivity index (χ2n) is 7.10. The Balaban J connectivity index is 2.03. The van der Waals surface area contributed by atoms with Gasteiger partial charge in [0.2, 0.25) is 0 Å². The summed E-state index contributed by atoms with van der Waals surface area (Å²) in [7, 11) is 0. The van der Waals surface area contributed by atoms with Gasteiger partial charge >= 0.3 is 0 Å². The molecule has 1 aliphatic carbocycles. The molecule has 4 atom stereocenters. The summed E-state index contributed by atoms with van der Waals surface area (Å²) in [6.45, 7) is 7.03. The van der Waals surface area contributed by atoms with Crippen LogP contribution in [0.3, 0.4) is 0 Å². The van der Waals surface area contributed by atoms with Gasteiger partial charge < -0.3 is 0 Å². The fraction of sp³-hybridized carbons (Fsp3) is 0.381. The van der Waals surface area contributed by atoms with Crippen molar-refractivity contribution in [1.82, 2.24) is 0 Å². The van der Waals surface area contributed by atoms with Crippen LogP contribution in [-0.2, 0) is 0 Å². The van der Waals surface area contributed by atoms with Gasteiger partial charge in [0, 0.05) is 18.1 Å². The summed E-state index contributed by atoms with van der Waals surface area (Å²) in [6, 6.07) is 18.2. The van der Waals surface area contributed by atoms with Crippen molar-refractivity contribution < 1.29 is 0 Å². The molecule has 0 fully saturated rings. The minimum atomic E-state index is 0.340. The molecule has 2 bridgehead atoms. The van der Waals surface area contributed by atoms with Gasteiger partial charge in [-0.05, 0) is 41.0 Å². The van der Waals surface area contributed by atoms with Crippen molar-refractivity contribution in [3.8, 4) is 0 Å². The summed E-state index contributed by atoms with van der Waals surface area (Å²) in [5, 5.41) is 0. The van der Waals surface area contributed by atoms with Crippen LogP contribution in [0.15, 0.2) is 53.5 Å². The molecule has 22 heavy (non-hydrogen) atoms. The largest absolute Gasteiger partial charge is 0.289 e. The molecule has 0 spiro atoms.